The first kappa shape index (κ1) is 18.7. The zero-order valence-electron chi connectivity index (χ0n) is 12.2. The van der Waals surface area contributed by atoms with Crippen LogP contribution in [0, 0.1) is 5.41 Å². The summed E-state index contributed by atoms with van der Waals surface area (Å²) in [6.45, 7) is 6.70. The second-order valence-corrected chi connectivity index (χ2v) is 5.39. The van der Waals surface area contributed by atoms with E-state index in [1.54, 1.807) is 0 Å². The van der Waals surface area contributed by atoms with Crippen LogP contribution in [0.2, 0.25) is 0 Å². The lowest BCUT2D eigenvalue weighted by Gasteiger charge is -2.36. The van der Waals surface area contributed by atoms with Gasteiger partial charge in [-0.2, -0.15) is 13.2 Å². The van der Waals surface area contributed by atoms with Gasteiger partial charge in [-0.05, 0) is 18.4 Å². The standard InChI is InChI=1S/C13H27F3N2O/c1-4-6-12(3,9-17-5-2)10-18(7-8-19)11-13(14,15)16/h17,19H,4-11H2,1-3H3. The molecule has 0 fully saturated rings. The molecule has 19 heavy (non-hydrogen) atoms. The molecule has 0 aromatic carbocycles. The van der Waals surface area contributed by atoms with Crippen LogP contribution in [0.5, 0.6) is 0 Å². The second kappa shape index (κ2) is 8.76. The number of hydrogen-bond acceptors (Lipinski definition) is 3. The Hall–Kier alpha value is -0.330. The quantitative estimate of drug-likeness (QED) is 0.646. The highest BCUT2D eigenvalue weighted by Gasteiger charge is 2.34. The third-order valence-corrected chi connectivity index (χ3v) is 3.08. The summed E-state index contributed by atoms with van der Waals surface area (Å²) in [5.74, 6) is 0. The lowest BCUT2D eigenvalue weighted by molar-refractivity contribution is -0.149. The van der Waals surface area contributed by atoms with E-state index in [-0.39, 0.29) is 18.6 Å². The van der Waals surface area contributed by atoms with E-state index in [4.69, 9.17) is 5.11 Å². The molecular weight excluding hydrogens is 257 g/mol. The Balaban J connectivity index is 4.62. The van der Waals surface area contributed by atoms with Gasteiger partial charge in [-0.1, -0.05) is 27.2 Å². The fourth-order valence-corrected chi connectivity index (χ4v) is 2.40. The van der Waals surface area contributed by atoms with Gasteiger partial charge in [-0.25, -0.2) is 0 Å². The molecule has 0 rings (SSSR count). The molecule has 0 amide bonds. The highest BCUT2D eigenvalue weighted by atomic mass is 19.4. The van der Waals surface area contributed by atoms with Crippen LogP contribution in [0.3, 0.4) is 0 Å². The fraction of sp³-hybridized carbons (Fsp3) is 1.00. The van der Waals surface area contributed by atoms with Crippen molar-refractivity contribution in [2.45, 2.75) is 39.8 Å². The van der Waals surface area contributed by atoms with Crippen molar-refractivity contribution < 1.29 is 18.3 Å². The van der Waals surface area contributed by atoms with Crippen molar-refractivity contribution in [2.24, 2.45) is 5.41 Å². The van der Waals surface area contributed by atoms with Crippen LogP contribution in [0.15, 0.2) is 0 Å². The second-order valence-electron chi connectivity index (χ2n) is 5.39. The van der Waals surface area contributed by atoms with E-state index in [1.807, 2.05) is 20.8 Å². The molecule has 0 aliphatic rings. The average Bonchev–Trinajstić information content (AvgIpc) is 2.24. The zero-order chi connectivity index (χ0) is 14.9. The summed E-state index contributed by atoms with van der Waals surface area (Å²) >= 11 is 0. The van der Waals surface area contributed by atoms with E-state index in [9.17, 15) is 13.2 Å². The van der Waals surface area contributed by atoms with Crippen molar-refractivity contribution in [3.05, 3.63) is 0 Å². The number of halogens is 3. The van der Waals surface area contributed by atoms with Crippen molar-refractivity contribution in [1.82, 2.24) is 10.2 Å². The van der Waals surface area contributed by atoms with Crippen molar-refractivity contribution >= 4 is 0 Å². The Morgan fingerprint density at radius 1 is 1.16 bits per heavy atom. The molecule has 0 saturated heterocycles. The number of aliphatic hydroxyl groups is 1. The predicted octanol–water partition coefficient (Wildman–Crippen LogP) is 2.26. The highest BCUT2D eigenvalue weighted by Crippen LogP contribution is 2.26. The van der Waals surface area contributed by atoms with Crippen molar-refractivity contribution in [3.8, 4) is 0 Å². The molecule has 0 heterocycles. The van der Waals surface area contributed by atoms with Gasteiger partial charge in [0.05, 0.1) is 13.2 Å². The molecule has 0 bridgehead atoms. The third kappa shape index (κ3) is 9.24. The Morgan fingerprint density at radius 2 is 1.79 bits per heavy atom. The summed E-state index contributed by atoms with van der Waals surface area (Å²) in [6, 6.07) is 0. The molecule has 0 aromatic rings. The van der Waals surface area contributed by atoms with Gasteiger partial charge >= 0.3 is 6.18 Å². The molecular formula is C13H27F3N2O. The Morgan fingerprint density at radius 3 is 2.21 bits per heavy atom. The molecule has 3 nitrogen and oxygen atoms in total. The summed E-state index contributed by atoms with van der Waals surface area (Å²) in [6.07, 6.45) is -2.43. The molecule has 1 atom stereocenters. The molecule has 6 heteroatoms. The predicted molar refractivity (Wildman–Crippen MR) is 71.1 cm³/mol. The Kier molecular flexibility index (Phi) is 8.61. The number of rotatable bonds is 10. The van der Waals surface area contributed by atoms with E-state index in [2.05, 4.69) is 5.32 Å². The van der Waals surface area contributed by atoms with Crippen LogP contribution >= 0.6 is 0 Å². The molecule has 116 valence electrons. The lowest BCUT2D eigenvalue weighted by Crippen LogP contribution is -2.46. The van der Waals surface area contributed by atoms with Gasteiger partial charge in [0, 0.05) is 19.6 Å². The van der Waals surface area contributed by atoms with E-state index in [0.717, 1.165) is 19.4 Å². The Bertz CT molecular complexity index is 236. The van der Waals surface area contributed by atoms with Gasteiger partial charge < -0.3 is 10.4 Å². The van der Waals surface area contributed by atoms with Gasteiger partial charge in [-0.3, -0.25) is 4.90 Å². The summed E-state index contributed by atoms with van der Waals surface area (Å²) in [4.78, 5) is 1.30. The largest absolute Gasteiger partial charge is 0.401 e. The molecule has 1 unspecified atom stereocenters. The number of nitrogens with zero attached hydrogens (tertiary/aromatic N) is 1. The van der Waals surface area contributed by atoms with Crippen molar-refractivity contribution in [3.63, 3.8) is 0 Å². The van der Waals surface area contributed by atoms with E-state index < -0.39 is 12.7 Å². The molecule has 0 aliphatic heterocycles. The zero-order valence-corrected chi connectivity index (χ0v) is 12.2. The van der Waals surface area contributed by atoms with E-state index in [0.29, 0.717) is 13.1 Å². The normalized spacial score (nSPS) is 15.8. The van der Waals surface area contributed by atoms with Crippen LogP contribution in [0.25, 0.3) is 0 Å². The van der Waals surface area contributed by atoms with E-state index >= 15 is 0 Å². The van der Waals surface area contributed by atoms with Gasteiger partial charge in [0.2, 0.25) is 0 Å². The van der Waals surface area contributed by atoms with Crippen LogP contribution in [-0.4, -0.2) is 55.5 Å². The van der Waals surface area contributed by atoms with E-state index in [1.165, 1.54) is 4.90 Å². The summed E-state index contributed by atoms with van der Waals surface area (Å²) in [7, 11) is 0. The summed E-state index contributed by atoms with van der Waals surface area (Å²) in [5, 5.41) is 12.1. The van der Waals surface area contributed by atoms with Crippen LogP contribution < -0.4 is 5.32 Å². The van der Waals surface area contributed by atoms with Gasteiger partial charge in [0.15, 0.2) is 0 Å². The fourth-order valence-electron chi connectivity index (χ4n) is 2.40. The third-order valence-electron chi connectivity index (χ3n) is 3.08. The van der Waals surface area contributed by atoms with Crippen molar-refractivity contribution in [2.75, 3.05) is 39.3 Å². The maximum atomic E-state index is 12.5. The molecule has 0 saturated carbocycles. The van der Waals surface area contributed by atoms with Crippen LogP contribution in [-0.2, 0) is 0 Å². The molecule has 0 spiro atoms. The molecule has 2 N–H and O–H groups in total. The number of nitrogens with one attached hydrogen (secondary N) is 1. The topological polar surface area (TPSA) is 35.5 Å². The molecule has 0 aromatic heterocycles. The number of alkyl halides is 3. The average molecular weight is 284 g/mol. The summed E-state index contributed by atoms with van der Waals surface area (Å²) < 4.78 is 37.5. The Labute approximate surface area is 114 Å². The van der Waals surface area contributed by atoms with Gasteiger partial charge in [0.25, 0.3) is 0 Å². The summed E-state index contributed by atoms with van der Waals surface area (Å²) in [5.41, 5.74) is -0.203. The minimum Gasteiger partial charge on any atom is -0.395 e. The van der Waals surface area contributed by atoms with Crippen LogP contribution in [0.4, 0.5) is 13.2 Å². The molecule has 0 radical (unpaired) electrons. The number of hydrogen-bond donors (Lipinski definition) is 2. The van der Waals surface area contributed by atoms with Gasteiger partial charge in [0.1, 0.15) is 0 Å². The number of aliphatic hydroxyl groups excluding tert-OH is 1. The minimum absolute atomic E-state index is 0.0605. The first-order valence-electron chi connectivity index (χ1n) is 6.87. The highest BCUT2D eigenvalue weighted by molar-refractivity contribution is 4.81. The molecule has 0 aliphatic carbocycles. The maximum absolute atomic E-state index is 12.5. The smallest absolute Gasteiger partial charge is 0.395 e. The maximum Gasteiger partial charge on any atom is 0.401 e. The lowest BCUT2D eigenvalue weighted by atomic mass is 9.84. The van der Waals surface area contributed by atoms with Crippen molar-refractivity contribution in [1.29, 1.82) is 0 Å². The minimum atomic E-state index is -4.22. The first-order valence-corrected chi connectivity index (χ1v) is 6.87. The monoisotopic (exact) mass is 284 g/mol. The first-order chi connectivity index (χ1) is 8.76. The van der Waals surface area contributed by atoms with Gasteiger partial charge in [-0.15, -0.1) is 0 Å². The van der Waals surface area contributed by atoms with Crippen LogP contribution in [0.1, 0.15) is 33.6 Å². The SMILES string of the molecule is CCCC(C)(CNCC)CN(CCO)CC(F)(F)F.